The molecule has 0 fully saturated rings. The summed E-state index contributed by atoms with van der Waals surface area (Å²) >= 11 is 0. The van der Waals surface area contributed by atoms with Gasteiger partial charge in [0, 0.05) is 12.2 Å². The number of pyridine rings is 1. The van der Waals surface area contributed by atoms with Crippen molar-refractivity contribution in [3.8, 4) is 0 Å². The van der Waals surface area contributed by atoms with E-state index >= 15 is 0 Å². The molecule has 0 unspecified atom stereocenters. The highest BCUT2D eigenvalue weighted by atomic mass is 19.1. The van der Waals surface area contributed by atoms with Crippen LogP contribution in [0.15, 0.2) is 18.2 Å². The summed E-state index contributed by atoms with van der Waals surface area (Å²) in [6.45, 7) is 7.40. The van der Waals surface area contributed by atoms with Crippen LogP contribution in [0.3, 0.4) is 0 Å². The second-order valence-electron chi connectivity index (χ2n) is 5.10. The summed E-state index contributed by atoms with van der Waals surface area (Å²) in [6, 6.07) is 2.97. The summed E-state index contributed by atoms with van der Waals surface area (Å²) in [7, 11) is 0. The first-order chi connectivity index (χ1) is 8.78. The number of carbonyl (C=O) groups is 1. The number of rotatable bonds is 3. The predicted molar refractivity (Wildman–Crippen MR) is 72.2 cm³/mol. The van der Waals surface area contributed by atoms with Gasteiger partial charge < -0.3 is 10.1 Å². The number of nitrogens with one attached hydrogen (secondary N) is 1. The standard InChI is InChI=1S/C14H19FN2O2/c1-10-7-8-11(15)12(17-10)6-5-9-16-13(18)19-14(2,3)4/h5-8H,9H2,1-4H3,(H,16,18). The average molecular weight is 266 g/mol. The van der Waals surface area contributed by atoms with E-state index in [2.05, 4.69) is 10.3 Å². The van der Waals surface area contributed by atoms with Crippen molar-refractivity contribution in [2.45, 2.75) is 33.3 Å². The minimum absolute atomic E-state index is 0.254. The topological polar surface area (TPSA) is 51.2 Å². The second kappa shape index (κ2) is 6.31. The Labute approximate surface area is 112 Å². The van der Waals surface area contributed by atoms with Gasteiger partial charge in [0.15, 0.2) is 0 Å². The molecule has 0 aliphatic rings. The van der Waals surface area contributed by atoms with Gasteiger partial charge in [0.2, 0.25) is 0 Å². The van der Waals surface area contributed by atoms with E-state index in [1.165, 1.54) is 12.1 Å². The highest BCUT2D eigenvalue weighted by molar-refractivity contribution is 5.68. The van der Waals surface area contributed by atoms with E-state index < -0.39 is 11.7 Å². The van der Waals surface area contributed by atoms with Crippen LogP contribution in [0.1, 0.15) is 32.2 Å². The third kappa shape index (κ3) is 5.99. The van der Waals surface area contributed by atoms with Gasteiger partial charge in [-0.15, -0.1) is 0 Å². The first-order valence-corrected chi connectivity index (χ1v) is 6.04. The van der Waals surface area contributed by atoms with Gasteiger partial charge in [0.25, 0.3) is 0 Å². The molecule has 0 aliphatic heterocycles. The zero-order valence-electron chi connectivity index (χ0n) is 11.7. The monoisotopic (exact) mass is 266 g/mol. The number of amides is 1. The number of ether oxygens (including phenoxy) is 1. The third-order valence-electron chi connectivity index (χ3n) is 2.05. The molecule has 1 aromatic heterocycles. The van der Waals surface area contributed by atoms with Crippen LogP contribution in [0.5, 0.6) is 0 Å². The number of alkyl carbamates (subject to hydrolysis) is 1. The van der Waals surface area contributed by atoms with Gasteiger partial charge in [0.05, 0.1) is 5.69 Å². The van der Waals surface area contributed by atoms with E-state index in [-0.39, 0.29) is 18.1 Å². The molecule has 104 valence electrons. The maximum Gasteiger partial charge on any atom is 0.407 e. The fourth-order valence-corrected chi connectivity index (χ4v) is 1.30. The van der Waals surface area contributed by atoms with E-state index in [1.54, 1.807) is 39.8 Å². The lowest BCUT2D eigenvalue weighted by Gasteiger charge is -2.19. The minimum atomic E-state index is -0.530. The van der Waals surface area contributed by atoms with Crippen molar-refractivity contribution in [2.24, 2.45) is 0 Å². The molecule has 1 aromatic rings. The molecule has 4 nitrogen and oxygen atoms in total. The normalized spacial score (nSPS) is 11.6. The van der Waals surface area contributed by atoms with Crippen LogP contribution < -0.4 is 5.32 Å². The van der Waals surface area contributed by atoms with Gasteiger partial charge in [-0.1, -0.05) is 6.08 Å². The number of aryl methyl sites for hydroxylation is 1. The molecular formula is C14H19FN2O2. The lowest BCUT2D eigenvalue weighted by atomic mass is 10.2. The van der Waals surface area contributed by atoms with Crippen molar-refractivity contribution in [1.29, 1.82) is 0 Å². The number of aromatic nitrogens is 1. The Morgan fingerprint density at radius 3 is 2.79 bits per heavy atom. The smallest absolute Gasteiger partial charge is 0.407 e. The Balaban J connectivity index is 2.47. The van der Waals surface area contributed by atoms with Crippen molar-refractivity contribution in [1.82, 2.24) is 10.3 Å². The van der Waals surface area contributed by atoms with E-state index in [1.807, 2.05) is 0 Å². The quantitative estimate of drug-likeness (QED) is 0.914. The molecule has 1 rings (SSSR count). The number of halogens is 1. The van der Waals surface area contributed by atoms with Gasteiger partial charge in [-0.25, -0.2) is 9.18 Å². The van der Waals surface area contributed by atoms with Gasteiger partial charge in [0.1, 0.15) is 11.4 Å². The SMILES string of the molecule is Cc1ccc(F)c(C=CCNC(=O)OC(C)(C)C)n1. The first kappa shape index (κ1) is 15.1. The molecule has 0 atom stereocenters. The first-order valence-electron chi connectivity index (χ1n) is 6.04. The Morgan fingerprint density at radius 1 is 1.47 bits per heavy atom. The summed E-state index contributed by atoms with van der Waals surface area (Å²) in [5, 5.41) is 2.55. The molecule has 0 aliphatic carbocycles. The van der Waals surface area contributed by atoms with Crippen molar-refractivity contribution in [3.05, 3.63) is 35.4 Å². The van der Waals surface area contributed by atoms with Crippen LogP contribution in [-0.4, -0.2) is 23.2 Å². The van der Waals surface area contributed by atoms with Crippen LogP contribution in [0.2, 0.25) is 0 Å². The maximum atomic E-state index is 13.4. The molecule has 0 radical (unpaired) electrons. The molecular weight excluding hydrogens is 247 g/mol. The van der Waals surface area contributed by atoms with Gasteiger partial charge in [-0.2, -0.15) is 0 Å². The molecule has 1 N–H and O–H groups in total. The molecule has 0 aromatic carbocycles. The average Bonchev–Trinajstić information content (AvgIpc) is 2.26. The molecule has 0 saturated heterocycles. The van der Waals surface area contributed by atoms with Crippen LogP contribution in [-0.2, 0) is 4.74 Å². The highest BCUT2D eigenvalue weighted by Gasteiger charge is 2.14. The van der Waals surface area contributed by atoms with Gasteiger partial charge in [-0.05, 0) is 45.9 Å². The largest absolute Gasteiger partial charge is 0.444 e. The van der Waals surface area contributed by atoms with Crippen molar-refractivity contribution < 1.29 is 13.9 Å². The molecule has 5 heteroatoms. The van der Waals surface area contributed by atoms with E-state index in [4.69, 9.17) is 4.74 Å². The van der Waals surface area contributed by atoms with Crippen LogP contribution in [0, 0.1) is 12.7 Å². The number of nitrogens with zero attached hydrogens (tertiary/aromatic N) is 1. The molecule has 1 heterocycles. The molecule has 19 heavy (non-hydrogen) atoms. The van der Waals surface area contributed by atoms with Crippen molar-refractivity contribution in [3.63, 3.8) is 0 Å². The lowest BCUT2D eigenvalue weighted by molar-refractivity contribution is 0.0534. The Kier molecular flexibility index (Phi) is 5.03. The zero-order chi connectivity index (χ0) is 14.5. The summed E-state index contributed by atoms with van der Waals surface area (Å²) in [5.41, 5.74) is 0.463. The minimum Gasteiger partial charge on any atom is -0.444 e. The van der Waals surface area contributed by atoms with E-state index in [0.29, 0.717) is 0 Å². The second-order valence-corrected chi connectivity index (χ2v) is 5.10. The molecule has 0 saturated carbocycles. The maximum absolute atomic E-state index is 13.4. The van der Waals surface area contributed by atoms with Crippen LogP contribution in [0.4, 0.5) is 9.18 Å². The summed E-state index contributed by atoms with van der Waals surface area (Å²) in [5.74, 6) is -0.390. The van der Waals surface area contributed by atoms with E-state index in [0.717, 1.165) is 5.69 Å². The third-order valence-corrected chi connectivity index (χ3v) is 2.05. The molecule has 1 amide bonds. The fourth-order valence-electron chi connectivity index (χ4n) is 1.30. The zero-order valence-corrected chi connectivity index (χ0v) is 11.7. The summed E-state index contributed by atoms with van der Waals surface area (Å²) in [4.78, 5) is 15.4. The predicted octanol–water partition coefficient (Wildman–Crippen LogP) is 3.07. The number of carbonyl (C=O) groups excluding carboxylic acids is 1. The van der Waals surface area contributed by atoms with Crippen LogP contribution in [0.25, 0.3) is 6.08 Å². The summed E-state index contributed by atoms with van der Waals surface area (Å²) < 4.78 is 18.4. The van der Waals surface area contributed by atoms with E-state index in [9.17, 15) is 9.18 Å². The Hall–Kier alpha value is -1.91. The van der Waals surface area contributed by atoms with Gasteiger partial charge in [-0.3, -0.25) is 4.98 Å². The van der Waals surface area contributed by atoms with Crippen molar-refractivity contribution in [2.75, 3.05) is 6.54 Å². The molecule has 0 bridgehead atoms. The van der Waals surface area contributed by atoms with Crippen molar-refractivity contribution >= 4 is 12.2 Å². The lowest BCUT2D eigenvalue weighted by Crippen LogP contribution is -2.32. The highest BCUT2D eigenvalue weighted by Crippen LogP contribution is 2.08. The number of hydrogen-bond acceptors (Lipinski definition) is 3. The fraction of sp³-hybridized carbons (Fsp3) is 0.429. The Bertz CT molecular complexity index is 479. The van der Waals surface area contributed by atoms with Crippen LogP contribution >= 0.6 is 0 Å². The Morgan fingerprint density at radius 2 is 2.16 bits per heavy atom. The molecule has 0 spiro atoms. The number of hydrogen-bond donors (Lipinski definition) is 1. The summed E-state index contributed by atoms with van der Waals surface area (Å²) in [6.07, 6.45) is 2.64. The van der Waals surface area contributed by atoms with Gasteiger partial charge >= 0.3 is 6.09 Å².